The van der Waals surface area contributed by atoms with Gasteiger partial charge < -0.3 is 10.2 Å². The highest BCUT2D eigenvalue weighted by molar-refractivity contribution is 5.75. The normalized spacial score (nSPS) is 28.7. The minimum atomic E-state index is 0.166. The van der Waals surface area contributed by atoms with Gasteiger partial charge in [-0.2, -0.15) is 0 Å². The molecule has 0 aromatic heterocycles. The van der Waals surface area contributed by atoms with Gasteiger partial charge in [0.1, 0.15) is 0 Å². The number of nitrogens with zero attached hydrogens (tertiary/aromatic N) is 1. The van der Waals surface area contributed by atoms with Gasteiger partial charge in [-0.1, -0.05) is 27.2 Å². The molecular formula is C15H28N2O. The molecule has 0 bridgehead atoms. The largest absolute Gasteiger partial charge is 0.335 e. The second-order valence-corrected chi connectivity index (χ2v) is 6.68. The van der Waals surface area contributed by atoms with E-state index in [9.17, 15) is 4.79 Å². The van der Waals surface area contributed by atoms with Crippen molar-refractivity contribution in [3.05, 3.63) is 0 Å². The fraction of sp³-hybridized carbons (Fsp3) is 0.933. The second-order valence-electron chi connectivity index (χ2n) is 6.68. The van der Waals surface area contributed by atoms with Crippen molar-refractivity contribution < 1.29 is 4.79 Å². The molecule has 0 aromatic rings. The predicted octanol–water partition coefficient (Wildman–Crippen LogP) is 3.40. The van der Waals surface area contributed by atoms with Gasteiger partial charge >= 0.3 is 6.03 Å². The summed E-state index contributed by atoms with van der Waals surface area (Å²) in [5.74, 6) is 0.833. The van der Waals surface area contributed by atoms with E-state index in [1.54, 1.807) is 0 Å². The number of nitrogens with one attached hydrogen (secondary N) is 1. The third-order valence-electron chi connectivity index (χ3n) is 5.21. The van der Waals surface area contributed by atoms with Gasteiger partial charge in [0.15, 0.2) is 0 Å². The number of amides is 2. The van der Waals surface area contributed by atoms with Gasteiger partial charge in [0.05, 0.1) is 0 Å². The number of rotatable bonds is 3. The summed E-state index contributed by atoms with van der Waals surface area (Å²) in [7, 11) is 0. The minimum absolute atomic E-state index is 0.166. The number of likely N-dealkylation sites (tertiary alicyclic amines) is 1. The number of hydrogen-bond donors (Lipinski definition) is 1. The van der Waals surface area contributed by atoms with Crippen LogP contribution in [0.1, 0.15) is 59.3 Å². The molecule has 0 unspecified atom stereocenters. The van der Waals surface area contributed by atoms with Crippen molar-refractivity contribution in [1.29, 1.82) is 0 Å². The molecule has 18 heavy (non-hydrogen) atoms. The Morgan fingerprint density at radius 1 is 1.22 bits per heavy atom. The van der Waals surface area contributed by atoms with E-state index < -0.39 is 0 Å². The smallest absolute Gasteiger partial charge is 0.317 e. The molecule has 2 rings (SSSR count). The number of urea groups is 1. The van der Waals surface area contributed by atoms with Crippen molar-refractivity contribution >= 4 is 6.03 Å². The Hall–Kier alpha value is -0.730. The van der Waals surface area contributed by atoms with Crippen LogP contribution in [0, 0.1) is 11.3 Å². The number of carbonyl (C=O) groups is 1. The highest BCUT2D eigenvalue weighted by Gasteiger charge is 2.32. The average Bonchev–Trinajstić information content (AvgIpc) is 2.27. The van der Waals surface area contributed by atoms with Crippen LogP contribution in [0.5, 0.6) is 0 Å². The first-order valence-electron chi connectivity index (χ1n) is 7.58. The molecular weight excluding hydrogens is 224 g/mol. The maximum Gasteiger partial charge on any atom is 0.317 e. The van der Waals surface area contributed by atoms with E-state index in [1.165, 1.54) is 25.7 Å². The predicted molar refractivity (Wildman–Crippen MR) is 74.5 cm³/mol. The molecule has 104 valence electrons. The van der Waals surface area contributed by atoms with Crippen LogP contribution in [0.3, 0.4) is 0 Å². The van der Waals surface area contributed by atoms with Gasteiger partial charge in [0.2, 0.25) is 0 Å². The highest BCUT2D eigenvalue weighted by atomic mass is 16.2. The maximum absolute atomic E-state index is 11.8. The Bertz CT molecular complexity index is 289. The molecule has 1 aliphatic carbocycles. The van der Waals surface area contributed by atoms with Crippen molar-refractivity contribution in [2.45, 2.75) is 65.3 Å². The molecule has 1 saturated carbocycles. The molecule has 1 saturated heterocycles. The van der Waals surface area contributed by atoms with Crippen LogP contribution in [0.15, 0.2) is 0 Å². The first-order chi connectivity index (χ1) is 8.53. The van der Waals surface area contributed by atoms with Gasteiger partial charge in [0, 0.05) is 19.1 Å². The van der Waals surface area contributed by atoms with Crippen LogP contribution in [-0.4, -0.2) is 30.1 Å². The van der Waals surface area contributed by atoms with Crippen molar-refractivity contribution in [3.63, 3.8) is 0 Å². The molecule has 2 amide bonds. The van der Waals surface area contributed by atoms with E-state index in [-0.39, 0.29) is 6.03 Å². The SMILES string of the molecule is CCC(C)(C)C1CCC(NC(=O)N2CCC2)CC1. The lowest BCUT2D eigenvalue weighted by molar-refractivity contribution is 0.128. The molecule has 1 aliphatic heterocycles. The van der Waals surface area contributed by atoms with Gasteiger partial charge in [-0.15, -0.1) is 0 Å². The molecule has 0 atom stereocenters. The van der Waals surface area contributed by atoms with E-state index in [0.29, 0.717) is 11.5 Å². The maximum atomic E-state index is 11.8. The molecule has 0 spiro atoms. The van der Waals surface area contributed by atoms with Crippen molar-refractivity contribution in [3.8, 4) is 0 Å². The Labute approximate surface area is 111 Å². The Morgan fingerprint density at radius 2 is 1.83 bits per heavy atom. The fourth-order valence-electron chi connectivity index (χ4n) is 3.09. The fourth-order valence-corrected chi connectivity index (χ4v) is 3.09. The summed E-state index contributed by atoms with van der Waals surface area (Å²) >= 11 is 0. The van der Waals surface area contributed by atoms with E-state index in [4.69, 9.17) is 0 Å². The summed E-state index contributed by atoms with van der Waals surface area (Å²) < 4.78 is 0. The Kier molecular flexibility index (Phi) is 4.18. The van der Waals surface area contributed by atoms with E-state index >= 15 is 0 Å². The van der Waals surface area contributed by atoms with Crippen LogP contribution in [0.2, 0.25) is 0 Å². The molecule has 1 heterocycles. The summed E-state index contributed by atoms with van der Waals surface area (Å²) in [6, 6.07) is 0.585. The lowest BCUT2D eigenvalue weighted by atomic mass is 9.69. The van der Waals surface area contributed by atoms with Crippen molar-refractivity contribution in [2.24, 2.45) is 11.3 Å². The summed E-state index contributed by atoms with van der Waals surface area (Å²) in [6.07, 6.45) is 7.28. The minimum Gasteiger partial charge on any atom is -0.335 e. The summed E-state index contributed by atoms with van der Waals surface area (Å²) in [5, 5.41) is 3.20. The van der Waals surface area contributed by atoms with Gasteiger partial charge in [-0.05, 0) is 43.4 Å². The van der Waals surface area contributed by atoms with Gasteiger partial charge in [-0.3, -0.25) is 0 Å². The third-order valence-corrected chi connectivity index (χ3v) is 5.21. The zero-order chi connectivity index (χ0) is 13.2. The summed E-state index contributed by atoms with van der Waals surface area (Å²) in [4.78, 5) is 13.8. The van der Waals surface area contributed by atoms with Gasteiger partial charge in [-0.25, -0.2) is 4.79 Å². The summed E-state index contributed by atoms with van der Waals surface area (Å²) in [5.41, 5.74) is 0.465. The zero-order valence-corrected chi connectivity index (χ0v) is 12.2. The van der Waals surface area contributed by atoms with Crippen LogP contribution in [-0.2, 0) is 0 Å². The van der Waals surface area contributed by atoms with Gasteiger partial charge in [0.25, 0.3) is 0 Å². The second kappa shape index (κ2) is 5.50. The lowest BCUT2D eigenvalue weighted by Crippen LogP contribution is -2.51. The zero-order valence-electron chi connectivity index (χ0n) is 12.2. The molecule has 1 N–H and O–H groups in total. The Morgan fingerprint density at radius 3 is 2.28 bits per heavy atom. The third kappa shape index (κ3) is 2.99. The van der Waals surface area contributed by atoms with E-state index in [2.05, 4.69) is 26.1 Å². The van der Waals surface area contributed by atoms with Crippen molar-refractivity contribution in [2.75, 3.05) is 13.1 Å². The lowest BCUT2D eigenvalue weighted by Gasteiger charge is -2.40. The number of hydrogen-bond acceptors (Lipinski definition) is 1. The summed E-state index contributed by atoms with van der Waals surface area (Å²) in [6.45, 7) is 8.96. The van der Waals surface area contributed by atoms with E-state index in [1.807, 2.05) is 4.90 Å². The molecule has 2 fully saturated rings. The molecule has 3 heteroatoms. The average molecular weight is 252 g/mol. The first-order valence-corrected chi connectivity index (χ1v) is 7.58. The van der Waals surface area contributed by atoms with Crippen LogP contribution in [0.25, 0.3) is 0 Å². The molecule has 2 aliphatic rings. The van der Waals surface area contributed by atoms with Crippen LogP contribution < -0.4 is 5.32 Å². The van der Waals surface area contributed by atoms with E-state index in [0.717, 1.165) is 31.8 Å². The quantitative estimate of drug-likeness (QED) is 0.820. The highest BCUT2D eigenvalue weighted by Crippen LogP contribution is 2.40. The molecule has 3 nitrogen and oxygen atoms in total. The topological polar surface area (TPSA) is 32.3 Å². The monoisotopic (exact) mass is 252 g/mol. The van der Waals surface area contributed by atoms with Crippen molar-refractivity contribution in [1.82, 2.24) is 10.2 Å². The van der Waals surface area contributed by atoms with Crippen LogP contribution in [0.4, 0.5) is 4.79 Å². The number of carbonyl (C=O) groups excluding carboxylic acids is 1. The molecule has 0 aromatic carbocycles. The molecule has 0 radical (unpaired) electrons. The van der Waals surface area contributed by atoms with Crippen LogP contribution >= 0.6 is 0 Å². The Balaban J connectivity index is 1.74. The first kappa shape index (κ1) is 13.7. The standard InChI is InChI=1S/C15H28N2O/c1-4-15(2,3)12-6-8-13(9-7-12)16-14(18)17-10-5-11-17/h12-13H,4-11H2,1-3H3,(H,16,18).